The minimum absolute atomic E-state index is 0.0189. The summed E-state index contributed by atoms with van der Waals surface area (Å²) in [6.07, 6.45) is 0. The van der Waals surface area contributed by atoms with Gasteiger partial charge in [-0.15, -0.1) is 0 Å². The number of nitrogens with one attached hydrogen (secondary N) is 2. The third kappa shape index (κ3) is 2.52. The molecule has 1 aromatic rings. The van der Waals surface area contributed by atoms with Crippen LogP contribution in [0.15, 0.2) is 24.3 Å². The van der Waals surface area contributed by atoms with E-state index in [1.54, 1.807) is 31.4 Å². The van der Waals surface area contributed by atoms with Gasteiger partial charge in [0.1, 0.15) is 5.75 Å². The zero-order valence-electron chi connectivity index (χ0n) is 9.32. The summed E-state index contributed by atoms with van der Waals surface area (Å²) in [7, 11) is 1.61. The number of rotatable bonds is 4. The minimum Gasteiger partial charge on any atom is -0.497 e. The molecule has 2 N–H and O–H groups in total. The summed E-state index contributed by atoms with van der Waals surface area (Å²) in [4.78, 5) is 11.7. The second-order valence-electron chi connectivity index (χ2n) is 3.96. The van der Waals surface area contributed by atoms with Gasteiger partial charge in [-0.25, -0.2) is 0 Å². The lowest BCUT2D eigenvalue weighted by atomic mass is 10.0. The van der Waals surface area contributed by atoms with Crippen LogP contribution < -0.4 is 15.4 Å². The van der Waals surface area contributed by atoms with Crippen molar-refractivity contribution in [3.8, 4) is 5.75 Å². The van der Waals surface area contributed by atoms with Crippen molar-refractivity contribution in [1.82, 2.24) is 10.6 Å². The predicted octanol–water partition coefficient (Wildman–Crippen LogP) is 0.644. The van der Waals surface area contributed by atoms with Gasteiger partial charge in [-0.05, 0) is 24.3 Å². The monoisotopic (exact) mass is 220 g/mol. The minimum atomic E-state index is -0.0189. The number of amides is 1. The van der Waals surface area contributed by atoms with Crippen molar-refractivity contribution in [2.24, 2.45) is 5.92 Å². The molecule has 4 heteroatoms. The van der Waals surface area contributed by atoms with Crippen molar-refractivity contribution in [2.45, 2.75) is 0 Å². The Labute approximate surface area is 95.0 Å². The summed E-state index contributed by atoms with van der Waals surface area (Å²) in [5.41, 5.74) is 0.674. The normalized spacial score (nSPS) is 15.3. The van der Waals surface area contributed by atoms with Gasteiger partial charge in [-0.2, -0.15) is 0 Å². The molecular weight excluding hydrogens is 204 g/mol. The molecule has 1 aliphatic heterocycles. The Kier molecular flexibility index (Phi) is 3.41. The highest BCUT2D eigenvalue weighted by atomic mass is 16.5. The van der Waals surface area contributed by atoms with Gasteiger partial charge in [0.2, 0.25) is 0 Å². The van der Waals surface area contributed by atoms with Gasteiger partial charge in [0.05, 0.1) is 7.11 Å². The maximum atomic E-state index is 11.7. The zero-order chi connectivity index (χ0) is 11.4. The third-order valence-electron chi connectivity index (χ3n) is 2.77. The molecule has 0 bridgehead atoms. The molecule has 0 atom stereocenters. The molecule has 0 saturated carbocycles. The Morgan fingerprint density at radius 2 is 2.12 bits per heavy atom. The number of methoxy groups -OCH3 is 1. The van der Waals surface area contributed by atoms with E-state index in [0.717, 1.165) is 25.4 Å². The Balaban J connectivity index is 1.86. The van der Waals surface area contributed by atoms with Gasteiger partial charge in [-0.3, -0.25) is 4.79 Å². The molecule has 0 aliphatic carbocycles. The topological polar surface area (TPSA) is 50.4 Å². The van der Waals surface area contributed by atoms with Crippen LogP contribution in [0.4, 0.5) is 0 Å². The van der Waals surface area contributed by atoms with Gasteiger partial charge < -0.3 is 15.4 Å². The fraction of sp³-hybridized carbons (Fsp3) is 0.417. The van der Waals surface area contributed by atoms with Crippen LogP contribution in [-0.4, -0.2) is 32.7 Å². The fourth-order valence-corrected chi connectivity index (χ4v) is 1.57. The Bertz CT molecular complexity index is 358. The maximum absolute atomic E-state index is 11.7. The summed E-state index contributed by atoms with van der Waals surface area (Å²) in [6, 6.07) is 7.13. The van der Waals surface area contributed by atoms with E-state index in [1.807, 2.05) is 0 Å². The van der Waals surface area contributed by atoms with E-state index >= 15 is 0 Å². The first-order valence-electron chi connectivity index (χ1n) is 5.42. The lowest BCUT2D eigenvalue weighted by Crippen LogP contribution is -2.48. The number of carbonyl (C=O) groups excluding carboxylic acids is 1. The lowest BCUT2D eigenvalue weighted by molar-refractivity contribution is 0.0942. The van der Waals surface area contributed by atoms with Crippen LogP contribution in [0.1, 0.15) is 10.4 Å². The van der Waals surface area contributed by atoms with Gasteiger partial charge in [0.25, 0.3) is 5.91 Å². The molecule has 1 saturated heterocycles. The highest BCUT2D eigenvalue weighted by Crippen LogP contribution is 2.11. The Hall–Kier alpha value is -1.55. The van der Waals surface area contributed by atoms with Crippen LogP contribution in [0.2, 0.25) is 0 Å². The molecule has 0 spiro atoms. The number of hydrogen-bond acceptors (Lipinski definition) is 3. The Morgan fingerprint density at radius 3 is 2.62 bits per heavy atom. The number of ether oxygens (including phenoxy) is 1. The molecule has 1 heterocycles. The summed E-state index contributed by atoms with van der Waals surface area (Å²) >= 11 is 0. The molecule has 1 aliphatic rings. The predicted molar refractivity (Wildman–Crippen MR) is 61.7 cm³/mol. The highest BCUT2D eigenvalue weighted by molar-refractivity contribution is 5.94. The van der Waals surface area contributed by atoms with Crippen LogP contribution >= 0.6 is 0 Å². The molecule has 86 valence electrons. The first-order chi connectivity index (χ1) is 7.79. The molecule has 1 aromatic carbocycles. The molecule has 1 fully saturated rings. The third-order valence-corrected chi connectivity index (χ3v) is 2.77. The first-order valence-corrected chi connectivity index (χ1v) is 5.42. The standard InChI is InChI=1S/C12H16N2O2/c1-16-11-4-2-10(3-5-11)12(15)14-8-9-6-13-7-9/h2-5,9,13H,6-8H2,1H3,(H,14,15). The SMILES string of the molecule is COc1ccc(C(=O)NCC2CNC2)cc1. The van der Waals surface area contributed by atoms with Crippen molar-refractivity contribution in [2.75, 3.05) is 26.7 Å². The van der Waals surface area contributed by atoms with Crippen LogP contribution in [0.5, 0.6) is 5.75 Å². The Morgan fingerprint density at radius 1 is 1.44 bits per heavy atom. The van der Waals surface area contributed by atoms with E-state index in [2.05, 4.69) is 10.6 Å². The largest absolute Gasteiger partial charge is 0.497 e. The van der Waals surface area contributed by atoms with E-state index in [-0.39, 0.29) is 5.91 Å². The lowest BCUT2D eigenvalue weighted by Gasteiger charge is -2.27. The molecule has 0 aromatic heterocycles. The molecular formula is C12H16N2O2. The summed E-state index contributed by atoms with van der Waals surface area (Å²) in [6.45, 7) is 2.75. The molecule has 0 unspecified atom stereocenters. The second kappa shape index (κ2) is 4.99. The summed E-state index contributed by atoms with van der Waals surface area (Å²) < 4.78 is 5.03. The van der Waals surface area contributed by atoms with Crippen LogP contribution in [0.25, 0.3) is 0 Å². The van der Waals surface area contributed by atoms with Gasteiger partial charge >= 0.3 is 0 Å². The zero-order valence-corrected chi connectivity index (χ0v) is 9.32. The number of hydrogen-bond donors (Lipinski definition) is 2. The van der Waals surface area contributed by atoms with E-state index in [9.17, 15) is 4.79 Å². The maximum Gasteiger partial charge on any atom is 0.251 e. The van der Waals surface area contributed by atoms with Crippen LogP contribution in [-0.2, 0) is 0 Å². The second-order valence-corrected chi connectivity index (χ2v) is 3.96. The van der Waals surface area contributed by atoms with E-state index in [0.29, 0.717) is 11.5 Å². The van der Waals surface area contributed by atoms with Crippen molar-refractivity contribution in [3.05, 3.63) is 29.8 Å². The van der Waals surface area contributed by atoms with Crippen molar-refractivity contribution < 1.29 is 9.53 Å². The van der Waals surface area contributed by atoms with Crippen molar-refractivity contribution >= 4 is 5.91 Å². The smallest absolute Gasteiger partial charge is 0.251 e. The van der Waals surface area contributed by atoms with E-state index < -0.39 is 0 Å². The first kappa shape index (κ1) is 11.0. The molecule has 1 amide bonds. The van der Waals surface area contributed by atoms with Crippen molar-refractivity contribution in [1.29, 1.82) is 0 Å². The average molecular weight is 220 g/mol. The van der Waals surface area contributed by atoms with Crippen LogP contribution in [0, 0.1) is 5.92 Å². The molecule has 2 rings (SSSR count). The van der Waals surface area contributed by atoms with Crippen LogP contribution in [0.3, 0.4) is 0 Å². The summed E-state index contributed by atoms with van der Waals surface area (Å²) in [5, 5.41) is 6.09. The van der Waals surface area contributed by atoms with Gasteiger partial charge in [0, 0.05) is 31.1 Å². The van der Waals surface area contributed by atoms with E-state index in [1.165, 1.54) is 0 Å². The molecule has 16 heavy (non-hydrogen) atoms. The van der Waals surface area contributed by atoms with Gasteiger partial charge in [-0.1, -0.05) is 0 Å². The number of carbonyl (C=O) groups is 1. The molecule has 4 nitrogen and oxygen atoms in total. The summed E-state index contributed by atoms with van der Waals surface area (Å²) in [5.74, 6) is 1.33. The quantitative estimate of drug-likeness (QED) is 0.783. The van der Waals surface area contributed by atoms with Gasteiger partial charge in [0.15, 0.2) is 0 Å². The molecule has 0 radical (unpaired) electrons. The average Bonchev–Trinajstić information content (AvgIpc) is 2.27. The number of benzene rings is 1. The fourth-order valence-electron chi connectivity index (χ4n) is 1.57. The van der Waals surface area contributed by atoms with E-state index in [4.69, 9.17) is 4.74 Å². The van der Waals surface area contributed by atoms with Crippen molar-refractivity contribution in [3.63, 3.8) is 0 Å². The highest BCUT2D eigenvalue weighted by Gasteiger charge is 2.17.